The maximum atomic E-state index is 11.8. The number of benzene rings is 1. The molecule has 1 aliphatic heterocycles. The molecule has 2 rings (SSSR count). The van der Waals surface area contributed by atoms with Crippen molar-refractivity contribution in [2.45, 2.75) is 46.3 Å². The highest BCUT2D eigenvalue weighted by Crippen LogP contribution is 2.27. The Morgan fingerprint density at radius 2 is 1.90 bits per heavy atom. The maximum absolute atomic E-state index is 11.8. The molecule has 1 fully saturated rings. The largest absolute Gasteiger partial charge is 0.508 e. The van der Waals surface area contributed by atoms with Crippen LogP contribution in [0.25, 0.3) is 0 Å². The van der Waals surface area contributed by atoms with E-state index in [0.29, 0.717) is 18.8 Å². The molecule has 0 aromatic heterocycles. The van der Waals surface area contributed by atoms with Crippen LogP contribution >= 0.6 is 0 Å². The molecule has 0 aliphatic carbocycles. The van der Waals surface area contributed by atoms with Crippen LogP contribution in [0.4, 0.5) is 10.5 Å². The Balaban J connectivity index is 1.89. The van der Waals surface area contributed by atoms with Crippen molar-refractivity contribution in [1.29, 1.82) is 0 Å². The van der Waals surface area contributed by atoms with Gasteiger partial charge in [-0.15, -0.1) is 0 Å². The SMILES string of the molecule is Cc1cc(NC2CN(C(=O)OC(C)(C)C)C2)c(C)cc1O. The van der Waals surface area contributed by atoms with Crippen molar-refractivity contribution in [3.05, 3.63) is 23.3 Å². The van der Waals surface area contributed by atoms with E-state index in [2.05, 4.69) is 5.32 Å². The molecule has 0 saturated carbocycles. The van der Waals surface area contributed by atoms with Crippen molar-refractivity contribution in [3.63, 3.8) is 0 Å². The molecule has 1 aromatic rings. The highest BCUT2D eigenvalue weighted by molar-refractivity contribution is 5.70. The molecule has 0 atom stereocenters. The highest BCUT2D eigenvalue weighted by Gasteiger charge is 2.33. The second-order valence-corrected chi connectivity index (χ2v) is 6.68. The minimum absolute atomic E-state index is 0.222. The third kappa shape index (κ3) is 3.80. The molecule has 1 amide bonds. The van der Waals surface area contributed by atoms with Crippen LogP contribution in [-0.2, 0) is 4.74 Å². The predicted molar refractivity (Wildman–Crippen MR) is 82.8 cm³/mol. The van der Waals surface area contributed by atoms with Crippen LogP contribution in [0.5, 0.6) is 5.75 Å². The Morgan fingerprint density at radius 3 is 2.48 bits per heavy atom. The minimum Gasteiger partial charge on any atom is -0.508 e. The molecule has 5 nitrogen and oxygen atoms in total. The van der Waals surface area contributed by atoms with Crippen molar-refractivity contribution < 1.29 is 14.6 Å². The number of nitrogens with zero attached hydrogens (tertiary/aromatic N) is 1. The van der Waals surface area contributed by atoms with Gasteiger partial charge in [0.05, 0.1) is 6.04 Å². The van der Waals surface area contributed by atoms with Gasteiger partial charge in [-0.25, -0.2) is 4.79 Å². The van der Waals surface area contributed by atoms with Crippen LogP contribution in [0, 0.1) is 13.8 Å². The summed E-state index contributed by atoms with van der Waals surface area (Å²) in [6.07, 6.45) is -0.265. The number of hydrogen-bond acceptors (Lipinski definition) is 4. The molecule has 0 radical (unpaired) electrons. The summed E-state index contributed by atoms with van der Waals surface area (Å²) in [6.45, 7) is 10.7. The number of rotatable bonds is 2. The lowest BCUT2D eigenvalue weighted by Gasteiger charge is -2.40. The smallest absolute Gasteiger partial charge is 0.410 e. The van der Waals surface area contributed by atoms with E-state index in [4.69, 9.17) is 4.74 Å². The number of anilines is 1. The second kappa shape index (κ2) is 5.47. The summed E-state index contributed by atoms with van der Waals surface area (Å²) in [5.74, 6) is 0.307. The van der Waals surface area contributed by atoms with Crippen molar-refractivity contribution in [1.82, 2.24) is 4.90 Å². The van der Waals surface area contributed by atoms with Gasteiger partial charge in [-0.2, -0.15) is 0 Å². The monoisotopic (exact) mass is 292 g/mol. The van der Waals surface area contributed by atoms with Crippen LogP contribution in [0.3, 0.4) is 0 Å². The number of nitrogens with one attached hydrogen (secondary N) is 1. The molecule has 1 aliphatic rings. The average molecular weight is 292 g/mol. The summed E-state index contributed by atoms with van der Waals surface area (Å²) in [5, 5.41) is 13.1. The number of phenols is 1. The summed E-state index contributed by atoms with van der Waals surface area (Å²) < 4.78 is 5.32. The van der Waals surface area contributed by atoms with Crippen molar-refractivity contribution in [3.8, 4) is 5.75 Å². The molecular weight excluding hydrogens is 268 g/mol. The Labute approximate surface area is 125 Å². The number of hydrogen-bond donors (Lipinski definition) is 2. The Kier molecular flexibility index (Phi) is 4.03. The molecule has 21 heavy (non-hydrogen) atoms. The molecule has 1 aromatic carbocycles. The predicted octanol–water partition coefficient (Wildman–Crippen LogP) is 3.04. The van der Waals surface area contributed by atoms with Crippen LogP contribution in [0.1, 0.15) is 31.9 Å². The van der Waals surface area contributed by atoms with Gasteiger partial charge >= 0.3 is 6.09 Å². The number of carbonyl (C=O) groups excluding carboxylic acids is 1. The second-order valence-electron chi connectivity index (χ2n) is 6.68. The topological polar surface area (TPSA) is 61.8 Å². The van der Waals surface area contributed by atoms with E-state index in [-0.39, 0.29) is 12.1 Å². The van der Waals surface area contributed by atoms with E-state index < -0.39 is 5.60 Å². The summed E-state index contributed by atoms with van der Waals surface area (Å²) in [7, 11) is 0. The first-order valence-electron chi connectivity index (χ1n) is 7.20. The molecule has 0 unspecified atom stereocenters. The zero-order chi connectivity index (χ0) is 15.8. The fraction of sp³-hybridized carbons (Fsp3) is 0.562. The van der Waals surface area contributed by atoms with Gasteiger partial charge in [-0.1, -0.05) is 0 Å². The first-order valence-corrected chi connectivity index (χ1v) is 7.20. The first kappa shape index (κ1) is 15.5. The van der Waals surface area contributed by atoms with E-state index >= 15 is 0 Å². The highest BCUT2D eigenvalue weighted by atomic mass is 16.6. The van der Waals surface area contributed by atoms with Crippen molar-refractivity contribution in [2.75, 3.05) is 18.4 Å². The Hall–Kier alpha value is -1.91. The van der Waals surface area contributed by atoms with Crippen LogP contribution in [0.2, 0.25) is 0 Å². The first-order chi connectivity index (χ1) is 9.65. The van der Waals surface area contributed by atoms with Gasteiger partial charge < -0.3 is 20.1 Å². The average Bonchev–Trinajstić information content (AvgIpc) is 2.26. The van der Waals surface area contributed by atoms with E-state index in [1.54, 1.807) is 11.0 Å². The lowest BCUT2D eigenvalue weighted by Crippen LogP contribution is -2.58. The molecule has 2 N–H and O–H groups in total. The fourth-order valence-corrected chi connectivity index (χ4v) is 2.22. The quantitative estimate of drug-likeness (QED) is 0.822. The third-order valence-corrected chi connectivity index (χ3v) is 3.44. The Morgan fingerprint density at radius 1 is 1.29 bits per heavy atom. The summed E-state index contributed by atoms with van der Waals surface area (Å²) >= 11 is 0. The van der Waals surface area contributed by atoms with Crippen LogP contribution in [0.15, 0.2) is 12.1 Å². The van der Waals surface area contributed by atoms with Gasteiger partial charge in [0.1, 0.15) is 11.4 Å². The van der Waals surface area contributed by atoms with Crippen LogP contribution in [-0.4, -0.2) is 40.8 Å². The third-order valence-electron chi connectivity index (χ3n) is 3.44. The van der Waals surface area contributed by atoms with Gasteiger partial charge in [0.15, 0.2) is 0 Å². The molecule has 0 bridgehead atoms. The minimum atomic E-state index is -0.458. The Bertz CT molecular complexity index is 543. The lowest BCUT2D eigenvalue weighted by atomic mass is 10.1. The van der Waals surface area contributed by atoms with Crippen molar-refractivity contribution >= 4 is 11.8 Å². The number of aryl methyl sites for hydroxylation is 2. The van der Waals surface area contributed by atoms with Crippen molar-refractivity contribution in [2.24, 2.45) is 0 Å². The molecule has 5 heteroatoms. The lowest BCUT2D eigenvalue weighted by molar-refractivity contribution is 0.0105. The fourth-order valence-electron chi connectivity index (χ4n) is 2.22. The maximum Gasteiger partial charge on any atom is 0.410 e. The van der Waals surface area contributed by atoms with E-state index in [1.807, 2.05) is 40.7 Å². The summed E-state index contributed by atoms with van der Waals surface area (Å²) in [6, 6.07) is 3.91. The molecular formula is C16H24N2O3. The van der Waals surface area contributed by atoms with Gasteiger partial charge in [-0.05, 0) is 57.9 Å². The molecule has 1 saturated heterocycles. The summed E-state index contributed by atoms with van der Waals surface area (Å²) in [5.41, 5.74) is 2.37. The van der Waals surface area contributed by atoms with Crippen LogP contribution < -0.4 is 5.32 Å². The molecule has 0 spiro atoms. The van der Waals surface area contributed by atoms with Gasteiger partial charge in [0.25, 0.3) is 0 Å². The molecule has 1 heterocycles. The van der Waals surface area contributed by atoms with Gasteiger partial charge in [0, 0.05) is 18.8 Å². The standard InChI is InChI=1S/C16H24N2O3/c1-10-7-14(19)11(2)6-13(10)17-12-8-18(9-12)15(20)21-16(3,4)5/h6-7,12,17,19H,8-9H2,1-5H3. The van der Waals surface area contributed by atoms with E-state index in [9.17, 15) is 9.90 Å². The number of likely N-dealkylation sites (tertiary alicyclic amines) is 1. The number of ether oxygens (including phenoxy) is 1. The van der Waals surface area contributed by atoms with Gasteiger partial charge in [0.2, 0.25) is 0 Å². The van der Waals surface area contributed by atoms with Gasteiger partial charge in [-0.3, -0.25) is 0 Å². The number of carbonyl (C=O) groups is 1. The zero-order valence-corrected chi connectivity index (χ0v) is 13.4. The molecule has 116 valence electrons. The number of phenolic OH excluding ortho intramolecular Hbond substituents is 1. The normalized spacial score (nSPS) is 15.6. The zero-order valence-electron chi connectivity index (χ0n) is 13.4. The number of aromatic hydroxyl groups is 1. The van der Waals surface area contributed by atoms with E-state index in [0.717, 1.165) is 16.8 Å². The number of amides is 1. The summed E-state index contributed by atoms with van der Waals surface area (Å²) in [4.78, 5) is 13.5. The van der Waals surface area contributed by atoms with E-state index in [1.165, 1.54) is 0 Å².